The lowest BCUT2D eigenvalue weighted by Gasteiger charge is -2.28. The minimum absolute atomic E-state index is 0.0825. The first-order valence-electron chi connectivity index (χ1n) is 10.6. The minimum Gasteiger partial charge on any atom is -0.351 e. The second-order valence-corrected chi connectivity index (χ2v) is 8.47. The number of nitrogens with zero attached hydrogens (tertiary/aromatic N) is 1. The third kappa shape index (κ3) is 4.32. The van der Waals surface area contributed by atoms with Gasteiger partial charge in [-0.3, -0.25) is 9.59 Å². The molecule has 4 rings (SSSR count). The normalized spacial score (nSPS) is 20.1. The van der Waals surface area contributed by atoms with Gasteiger partial charge in [0.1, 0.15) is 6.04 Å². The molecule has 1 N–H and O–H groups in total. The number of rotatable bonds is 4. The molecule has 0 aromatic heterocycles. The second kappa shape index (κ2) is 9.00. The Balaban J connectivity index is 1.59. The molecule has 29 heavy (non-hydrogen) atoms. The number of carbonyl (C=O) groups excluding carboxylic acids is 2. The van der Waals surface area contributed by atoms with Crippen LogP contribution >= 0.6 is 11.6 Å². The average molecular weight is 411 g/mol. The van der Waals surface area contributed by atoms with E-state index in [-0.39, 0.29) is 17.9 Å². The van der Waals surface area contributed by atoms with E-state index in [4.69, 9.17) is 11.6 Å². The van der Waals surface area contributed by atoms with Crippen LogP contribution in [-0.2, 0) is 11.3 Å². The van der Waals surface area contributed by atoms with Crippen molar-refractivity contribution in [1.82, 2.24) is 10.2 Å². The average Bonchev–Trinajstić information content (AvgIpc) is 2.98. The van der Waals surface area contributed by atoms with Crippen molar-refractivity contribution in [3.8, 4) is 0 Å². The molecule has 152 valence electrons. The molecule has 0 bridgehead atoms. The molecule has 1 atom stereocenters. The van der Waals surface area contributed by atoms with Crippen molar-refractivity contribution < 1.29 is 9.59 Å². The highest BCUT2D eigenvalue weighted by Gasteiger charge is 2.41. The molecule has 4 nitrogen and oxygen atoms in total. The Morgan fingerprint density at radius 2 is 1.62 bits per heavy atom. The van der Waals surface area contributed by atoms with Gasteiger partial charge in [-0.15, -0.1) is 0 Å². The summed E-state index contributed by atoms with van der Waals surface area (Å²) < 4.78 is 0. The van der Waals surface area contributed by atoms with E-state index in [2.05, 4.69) is 5.32 Å². The highest BCUT2D eigenvalue weighted by Crippen LogP contribution is 2.36. The highest BCUT2D eigenvalue weighted by atomic mass is 35.5. The molecule has 5 heteroatoms. The summed E-state index contributed by atoms with van der Waals surface area (Å²) >= 11 is 6.34. The fourth-order valence-electron chi connectivity index (χ4n) is 4.51. The molecule has 1 aliphatic carbocycles. The van der Waals surface area contributed by atoms with E-state index in [9.17, 15) is 9.59 Å². The zero-order valence-electron chi connectivity index (χ0n) is 16.6. The van der Waals surface area contributed by atoms with Crippen LogP contribution in [-0.4, -0.2) is 22.8 Å². The van der Waals surface area contributed by atoms with E-state index in [0.717, 1.165) is 36.8 Å². The van der Waals surface area contributed by atoms with Gasteiger partial charge in [-0.2, -0.15) is 0 Å². The van der Waals surface area contributed by atoms with Gasteiger partial charge in [0, 0.05) is 23.2 Å². The number of amides is 2. The maximum Gasteiger partial charge on any atom is 0.255 e. The van der Waals surface area contributed by atoms with Crippen molar-refractivity contribution in [2.75, 3.05) is 0 Å². The van der Waals surface area contributed by atoms with E-state index in [1.165, 1.54) is 19.3 Å². The molecule has 1 aliphatic heterocycles. The van der Waals surface area contributed by atoms with Crippen LogP contribution in [0.1, 0.15) is 72.5 Å². The molecule has 1 heterocycles. The van der Waals surface area contributed by atoms with Gasteiger partial charge in [0.05, 0.1) is 0 Å². The Bertz CT molecular complexity index is 890. The van der Waals surface area contributed by atoms with Crippen LogP contribution in [0.15, 0.2) is 48.5 Å². The molecular weight excluding hydrogens is 384 g/mol. The standard InChI is InChI=1S/C24H27ClN2O2/c25-21-15-9-6-10-17(21)16-27-22(19-13-7-8-14-20(19)24(27)29)23(28)26-18-11-4-2-1-3-5-12-18/h6-10,13-15,18,22H,1-5,11-12,16H2,(H,26,28)/t22-/m1/s1. The van der Waals surface area contributed by atoms with Crippen LogP contribution in [0.4, 0.5) is 0 Å². The van der Waals surface area contributed by atoms with Crippen LogP contribution in [0, 0.1) is 0 Å². The third-order valence-electron chi connectivity index (χ3n) is 6.06. The van der Waals surface area contributed by atoms with Crippen molar-refractivity contribution >= 4 is 23.4 Å². The predicted octanol–water partition coefficient (Wildman–Crippen LogP) is 5.27. The van der Waals surface area contributed by atoms with Gasteiger partial charge < -0.3 is 10.2 Å². The van der Waals surface area contributed by atoms with Crippen molar-refractivity contribution in [2.45, 2.75) is 63.6 Å². The van der Waals surface area contributed by atoms with Crippen molar-refractivity contribution in [3.63, 3.8) is 0 Å². The van der Waals surface area contributed by atoms with Gasteiger partial charge in [-0.05, 0) is 36.1 Å². The lowest BCUT2D eigenvalue weighted by Crippen LogP contribution is -2.43. The molecule has 0 spiro atoms. The Morgan fingerprint density at radius 1 is 0.966 bits per heavy atom. The van der Waals surface area contributed by atoms with E-state index in [1.54, 1.807) is 11.0 Å². The number of carbonyl (C=O) groups is 2. The Labute approximate surface area is 177 Å². The summed E-state index contributed by atoms with van der Waals surface area (Å²) in [5.74, 6) is -0.195. The molecule has 1 fully saturated rings. The van der Waals surface area contributed by atoms with Crippen molar-refractivity contribution in [1.29, 1.82) is 0 Å². The van der Waals surface area contributed by atoms with Crippen molar-refractivity contribution in [3.05, 3.63) is 70.2 Å². The van der Waals surface area contributed by atoms with Crippen LogP contribution in [0.3, 0.4) is 0 Å². The number of benzene rings is 2. The molecule has 2 aliphatic rings. The summed E-state index contributed by atoms with van der Waals surface area (Å²) in [6.45, 7) is 0.315. The molecule has 0 radical (unpaired) electrons. The smallest absolute Gasteiger partial charge is 0.255 e. The zero-order chi connectivity index (χ0) is 20.2. The van der Waals surface area contributed by atoms with Gasteiger partial charge in [-0.1, -0.05) is 80.1 Å². The summed E-state index contributed by atoms with van der Waals surface area (Å²) in [6.07, 6.45) is 8.07. The molecule has 0 unspecified atom stereocenters. The van der Waals surface area contributed by atoms with Crippen LogP contribution in [0.2, 0.25) is 5.02 Å². The van der Waals surface area contributed by atoms with Gasteiger partial charge in [0.25, 0.3) is 5.91 Å². The van der Waals surface area contributed by atoms with Crippen LogP contribution in [0.25, 0.3) is 0 Å². The molecule has 2 amide bonds. The molecule has 2 aromatic carbocycles. The number of halogens is 1. The predicted molar refractivity (Wildman–Crippen MR) is 115 cm³/mol. The quantitative estimate of drug-likeness (QED) is 0.746. The Kier molecular flexibility index (Phi) is 6.19. The Morgan fingerprint density at radius 3 is 2.38 bits per heavy atom. The second-order valence-electron chi connectivity index (χ2n) is 8.06. The molecular formula is C24H27ClN2O2. The lowest BCUT2D eigenvalue weighted by molar-refractivity contribution is -0.126. The van der Waals surface area contributed by atoms with Crippen LogP contribution in [0.5, 0.6) is 0 Å². The zero-order valence-corrected chi connectivity index (χ0v) is 17.3. The summed E-state index contributed by atoms with van der Waals surface area (Å²) in [7, 11) is 0. The summed E-state index contributed by atoms with van der Waals surface area (Å²) in [5.41, 5.74) is 2.24. The first-order valence-corrected chi connectivity index (χ1v) is 11.0. The number of hydrogen-bond donors (Lipinski definition) is 1. The topological polar surface area (TPSA) is 49.4 Å². The summed E-state index contributed by atoms with van der Waals surface area (Å²) in [6, 6.07) is 14.5. The van der Waals surface area contributed by atoms with E-state index in [0.29, 0.717) is 17.1 Å². The molecule has 1 saturated carbocycles. The summed E-state index contributed by atoms with van der Waals surface area (Å²) in [5, 5.41) is 3.86. The lowest BCUT2D eigenvalue weighted by atomic mass is 9.96. The maximum absolute atomic E-state index is 13.4. The minimum atomic E-state index is -0.611. The Hall–Kier alpha value is -2.33. The number of nitrogens with one attached hydrogen (secondary N) is 1. The SMILES string of the molecule is O=C(NC1CCCCCCC1)[C@H]1c2ccccc2C(=O)N1Cc1ccccc1Cl. The number of fused-ring (bicyclic) bond motifs is 1. The maximum atomic E-state index is 13.4. The van der Waals surface area contributed by atoms with Gasteiger partial charge in [0.15, 0.2) is 0 Å². The fourth-order valence-corrected chi connectivity index (χ4v) is 4.70. The number of hydrogen-bond acceptors (Lipinski definition) is 2. The monoisotopic (exact) mass is 410 g/mol. The highest BCUT2D eigenvalue weighted by molar-refractivity contribution is 6.31. The third-order valence-corrected chi connectivity index (χ3v) is 6.43. The fraction of sp³-hybridized carbons (Fsp3) is 0.417. The molecule has 2 aromatic rings. The van der Waals surface area contributed by atoms with Gasteiger partial charge in [-0.25, -0.2) is 0 Å². The molecule has 0 saturated heterocycles. The van der Waals surface area contributed by atoms with E-state index < -0.39 is 6.04 Å². The van der Waals surface area contributed by atoms with Gasteiger partial charge >= 0.3 is 0 Å². The van der Waals surface area contributed by atoms with E-state index in [1.807, 2.05) is 42.5 Å². The summed E-state index contributed by atoms with van der Waals surface area (Å²) in [4.78, 5) is 28.1. The van der Waals surface area contributed by atoms with Crippen molar-refractivity contribution in [2.24, 2.45) is 0 Å². The first kappa shape index (κ1) is 20.0. The van der Waals surface area contributed by atoms with Crippen LogP contribution < -0.4 is 5.32 Å². The first-order chi connectivity index (χ1) is 14.1. The van der Waals surface area contributed by atoms with E-state index >= 15 is 0 Å². The largest absolute Gasteiger partial charge is 0.351 e. The van der Waals surface area contributed by atoms with Gasteiger partial charge in [0.2, 0.25) is 5.91 Å².